The maximum absolute atomic E-state index is 12.8. The van der Waals surface area contributed by atoms with Gasteiger partial charge < -0.3 is 24.1 Å². The molecule has 0 saturated carbocycles. The number of para-hydroxylation sites is 2. The van der Waals surface area contributed by atoms with E-state index in [1.165, 1.54) is 5.56 Å². The summed E-state index contributed by atoms with van der Waals surface area (Å²) in [4.78, 5) is 17.6. The number of imidazole rings is 1. The second-order valence-electron chi connectivity index (χ2n) is 8.29. The van der Waals surface area contributed by atoms with Crippen LogP contribution in [0.15, 0.2) is 66.7 Å². The Balaban J connectivity index is 1.39. The van der Waals surface area contributed by atoms with Crippen LogP contribution >= 0.6 is 0 Å². The van der Waals surface area contributed by atoms with E-state index in [1.807, 2.05) is 36.4 Å². The third kappa shape index (κ3) is 5.93. The minimum absolute atomic E-state index is 0.198. The minimum Gasteiger partial charge on any atom is -0.494 e. The Morgan fingerprint density at radius 3 is 2.57 bits per heavy atom. The first-order chi connectivity index (χ1) is 17.1. The molecule has 1 amide bonds. The predicted octanol–water partition coefficient (Wildman–Crippen LogP) is 5.15. The first kappa shape index (κ1) is 24.1. The minimum atomic E-state index is -0.198. The standard InChI is InChI=1S/C28H31N3O4/c1-20-9-8-10-22(17-20)35-16-7-6-15-31-24-12-5-4-11-23(24)30-27(31)19-29-28(32)21-13-14-25(33-2)26(18-21)34-3/h4-5,8-14,17-18H,6-7,15-16,19H2,1-3H3,(H,29,32). The lowest BCUT2D eigenvalue weighted by molar-refractivity contribution is 0.0949. The molecule has 1 heterocycles. The van der Waals surface area contributed by atoms with Crippen molar-refractivity contribution < 1.29 is 19.0 Å². The molecule has 7 nitrogen and oxygen atoms in total. The van der Waals surface area contributed by atoms with E-state index in [0.717, 1.165) is 42.0 Å². The zero-order valence-electron chi connectivity index (χ0n) is 20.4. The Morgan fingerprint density at radius 2 is 1.77 bits per heavy atom. The van der Waals surface area contributed by atoms with Crippen molar-refractivity contribution in [3.8, 4) is 17.2 Å². The van der Waals surface area contributed by atoms with Gasteiger partial charge in [0.05, 0.1) is 38.4 Å². The van der Waals surface area contributed by atoms with E-state index < -0.39 is 0 Å². The largest absolute Gasteiger partial charge is 0.494 e. The summed E-state index contributed by atoms with van der Waals surface area (Å²) in [6, 6.07) is 21.2. The number of hydrogen-bond donors (Lipinski definition) is 1. The highest BCUT2D eigenvalue weighted by Gasteiger charge is 2.14. The zero-order valence-corrected chi connectivity index (χ0v) is 20.4. The van der Waals surface area contributed by atoms with Gasteiger partial charge in [-0.2, -0.15) is 0 Å². The Kier molecular flexibility index (Phi) is 7.88. The lowest BCUT2D eigenvalue weighted by Gasteiger charge is -2.12. The van der Waals surface area contributed by atoms with Crippen molar-refractivity contribution in [2.75, 3.05) is 20.8 Å². The Labute approximate surface area is 205 Å². The monoisotopic (exact) mass is 473 g/mol. The van der Waals surface area contributed by atoms with E-state index in [9.17, 15) is 4.79 Å². The van der Waals surface area contributed by atoms with Gasteiger partial charge >= 0.3 is 0 Å². The third-order valence-corrected chi connectivity index (χ3v) is 5.82. The second kappa shape index (κ2) is 11.4. The average Bonchev–Trinajstić information content (AvgIpc) is 3.24. The normalized spacial score (nSPS) is 10.8. The van der Waals surface area contributed by atoms with E-state index >= 15 is 0 Å². The Morgan fingerprint density at radius 1 is 0.943 bits per heavy atom. The van der Waals surface area contributed by atoms with Gasteiger partial charge in [0.15, 0.2) is 11.5 Å². The molecule has 0 unspecified atom stereocenters. The summed E-state index contributed by atoms with van der Waals surface area (Å²) in [6.45, 7) is 3.82. The summed E-state index contributed by atoms with van der Waals surface area (Å²) in [6.07, 6.45) is 1.85. The van der Waals surface area contributed by atoms with Gasteiger partial charge in [0.25, 0.3) is 5.91 Å². The van der Waals surface area contributed by atoms with Crippen molar-refractivity contribution in [2.45, 2.75) is 32.9 Å². The van der Waals surface area contributed by atoms with Crippen molar-refractivity contribution in [1.29, 1.82) is 0 Å². The molecule has 3 aromatic carbocycles. The number of unbranched alkanes of at least 4 members (excludes halogenated alkanes) is 1. The van der Waals surface area contributed by atoms with Crippen LogP contribution in [0.4, 0.5) is 0 Å². The quantitative estimate of drug-likeness (QED) is 0.305. The van der Waals surface area contributed by atoms with Gasteiger partial charge in [-0.15, -0.1) is 0 Å². The third-order valence-electron chi connectivity index (χ3n) is 5.82. The molecular formula is C28H31N3O4. The van der Waals surface area contributed by atoms with Crippen LogP contribution < -0.4 is 19.5 Å². The number of carbonyl (C=O) groups is 1. The first-order valence-electron chi connectivity index (χ1n) is 11.7. The molecule has 0 fully saturated rings. The topological polar surface area (TPSA) is 74.6 Å². The number of hydrogen-bond acceptors (Lipinski definition) is 5. The summed E-state index contributed by atoms with van der Waals surface area (Å²) in [5.74, 6) is 2.62. The molecule has 0 bridgehead atoms. The van der Waals surface area contributed by atoms with Crippen molar-refractivity contribution in [3.63, 3.8) is 0 Å². The summed E-state index contributed by atoms with van der Waals surface area (Å²) >= 11 is 0. The molecule has 4 rings (SSSR count). The summed E-state index contributed by atoms with van der Waals surface area (Å²) in [7, 11) is 3.12. The molecule has 0 spiro atoms. The molecule has 0 aliphatic heterocycles. The lowest BCUT2D eigenvalue weighted by atomic mass is 10.2. The molecule has 7 heteroatoms. The van der Waals surface area contributed by atoms with Crippen LogP contribution in [0.3, 0.4) is 0 Å². The number of nitrogens with zero attached hydrogens (tertiary/aromatic N) is 2. The van der Waals surface area contributed by atoms with E-state index in [0.29, 0.717) is 30.2 Å². The van der Waals surface area contributed by atoms with Gasteiger partial charge in [0.2, 0.25) is 0 Å². The van der Waals surface area contributed by atoms with Crippen molar-refractivity contribution in [3.05, 3.63) is 83.7 Å². The highest BCUT2D eigenvalue weighted by atomic mass is 16.5. The van der Waals surface area contributed by atoms with Crippen LogP contribution in [-0.4, -0.2) is 36.3 Å². The maximum Gasteiger partial charge on any atom is 0.251 e. The number of ether oxygens (including phenoxy) is 3. The fourth-order valence-electron chi connectivity index (χ4n) is 4.02. The van der Waals surface area contributed by atoms with Crippen molar-refractivity contribution >= 4 is 16.9 Å². The summed E-state index contributed by atoms with van der Waals surface area (Å²) < 4.78 is 18.6. The van der Waals surface area contributed by atoms with Crippen LogP contribution in [0.2, 0.25) is 0 Å². The summed E-state index contributed by atoms with van der Waals surface area (Å²) in [5.41, 5.74) is 3.66. The number of nitrogens with one attached hydrogen (secondary N) is 1. The van der Waals surface area contributed by atoms with Gasteiger partial charge in [-0.1, -0.05) is 24.3 Å². The van der Waals surface area contributed by atoms with E-state index in [1.54, 1.807) is 32.4 Å². The predicted molar refractivity (Wildman–Crippen MR) is 136 cm³/mol. The molecule has 35 heavy (non-hydrogen) atoms. The first-order valence-corrected chi connectivity index (χ1v) is 11.7. The van der Waals surface area contributed by atoms with Crippen molar-refractivity contribution in [1.82, 2.24) is 14.9 Å². The van der Waals surface area contributed by atoms with Crippen molar-refractivity contribution in [2.24, 2.45) is 0 Å². The van der Waals surface area contributed by atoms with E-state index in [2.05, 4.69) is 28.9 Å². The van der Waals surface area contributed by atoms with E-state index in [-0.39, 0.29) is 5.91 Å². The molecular weight excluding hydrogens is 442 g/mol. The Bertz CT molecular complexity index is 1300. The number of methoxy groups -OCH3 is 2. The van der Waals surface area contributed by atoms with Crippen LogP contribution in [0.25, 0.3) is 11.0 Å². The molecule has 0 atom stereocenters. The van der Waals surface area contributed by atoms with Crippen LogP contribution in [0, 0.1) is 6.92 Å². The second-order valence-corrected chi connectivity index (χ2v) is 8.29. The fourth-order valence-corrected chi connectivity index (χ4v) is 4.02. The highest BCUT2D eigenvalue weighted by Crippen LogP contribution is 2.27. The maximum atomic E-state index is 12.8. The molecule has 0 aliphatic carbocycles. The van der Waals surface area contributed by atoms with Crippen LogP contribution in [0.5, 0.6) is 17.2 Å². The highest BCUT2D eigenvalue weighted by molar-refractivity contribution is 5.94. The SMILES string of the molecule is COc1ccc(C(=O)NCc2nc3ccccc3n2CCCCOc2cccc(C)c2)cc1OC. The summed E-state index contributed by atoms with van der Waals surface area (Å²) in [5, 5.41) is 2.99. The van der Waals surface area contributed by atoms with Gasteiger partial charge in [0, 0.05) is 12.1 Å². The Hall–Kier alpha value is -4.00. The molecule has 4 aromatic rings. The van der Waals surface area contributed by atoms with Gasteiger partial charge in [-0.05, 0) is 67.8 Å². The fraction of sp³-hybridized carbons (Fsp3) is 0.286. The average molecular weight is 474 g/mol. The molecule has 0 saturated heterocycles. The number of aryl methyl sites for hydroxylation is 2. The molecule has 0 radical (unpaired) electrons. The van der Waals surface area contributed by atoms with Gasteiger partial charge in [-0.3, -0.25) is 4.79 Å². The van der Waals surface area contributed by atoms with Gasteiger partial charge in [-0.25, -0.2) is 4.98 Å². The lowest BCUT2D eigenvalue weighted by Crippen LogP contribution is -2.25. The number of aromatic nitrogens is 2. The molecule has 182 valence electrons. The molecule has 1 aromatic heterocycles. The van der Waals surface area contributed by atoms with E-state index in [4.69, 9.17) is 19.2 Å². The molecule has 0 aliphatic rings. The molecule has 1 N–H and O–H groups in total. The number of amides is 1. The smallest absolute Gasteiger partial charge is 0.251 e. The number of carbonyl (C=O) groups excluding carboxylic acids is 1. The van der Waals surface area contributed by atoms with Crippen LogP contribution in [-0.2, 0) is 13.1 Å². The van der Waals surface area contributed by atoms with Crippen LogP contribution in [0.1, 0.15) is 34.6 Å². The number of benzene rings is 3. The zero-order chi connectivity index (χ0) is 24.6. The van der Waals surface area contributed by atoms with Gasteiger partial charge in [0.1, 0.15) is 11.6 Å². The number of fused-ring (bicyclic) bond motifs is 1. The number of rotatable bonds is 11.